The van der Waals surface area contributed by atoms with Crippen molar-refractivity contribution < 1.29 is 5.11 Å². The molecule has 0 unspecified atom stereocenters. The van der Waals surface area contributed by atoms with Crippen LogP contribution >= 0.6 is 0 Å². The standard InChI is InChI=1S/C42H38N4O/c1-41(2,3)27-16-19-37(47)33(24-27)26-15-17-31-29-11-7-9-13-34(29)45(36(31)23-26)38-20-18-32-30-12-8-10-14-35(30)46(40(32)44-38)39-25-28(21-22-43-39)42(4,5)6/h7-25,47H,1-6H3. The first-order valence-corrected chi connectivity index (χ1v) is 16.2. The monoisotopic (exact) mass is 614 g/mol. The van der Waals surface area contributed by atoms with Gasteiger partial charge in [-0.05, 0) is 82.1 Å². The first kappa shape index (κ1) is 29.0. The van der Waals surface area contributed by atoms with Crippen molar-refractivity contribution >= 4 is 43.7 Å². The van der Waals surface area contributed by atoms with Crippen molar-refractivity contribution in [1.29, 1.82) is 0 Å². The smallest absolute Gasteiger partial charge is 0.149 e. The topological polar surface area (TPSA) is 55.9 Å². The molecule has 47 heavy (non-hydrogen) atoms. The van der Waals surface area contributed by atoms with Gasteiger partial charge in [0.15, 0.2) is 0 Å². The maximum atomic E-state index is 11.0. The molecule has 0 fully saturated rings. The third kappa shape index (κ3) is 4.68. The molecule has 4 heterocycles. The normalized spacial score (nSPS) is 12.6. The fraction of sp³-hybridized carbons (Fsp3) is 0.190. The summed E-state index contributed by atoms with van der Waals surface area (Å²) in [6, 6.07) is 38.0. The number of aromatic hydroxyl groups is 1. The lowest BCUT2D eigenvalue weighted by molar-refractivity contribution is 0.476. The molecule has 0 saturated carbocycles. The van der Waals surface area contributed by atoms with Crippen LogP contribution in [0.25, 0.3) is 66.5 Å². The van der Waals surface area contributed by atoms with Gasteiger partial charge < -0.3 is 5.11 Å². The molecule has 0 aliphatic carbocycles. The van der Waals surface area contributed by atoms with E-state index in [0.717, 1.165) is 66.5 Å². The van der Waals surface area contributed by atoms with E-state index in [9.17, 15) is 5.11 Å². The second-order valence-corrected chi connectivity index (χ2v) is 14.6. The van der Waals surface area contributed by atoms with E-state index in [-0.39, 0.29) is 16.6 Å². The quantitative estimate of drug-likeness (QED) is 0.215. The maximum absolute atomic E-state index is 11.0. The largest absolute Gasteiger partial charge is 0.507 e. The molecule has 0 amide bonds. The van der Waals surface area contributed by atoms with Gasteiger partial charge in [-0.3, -0.25) is 9.13 Å². The highest BCUT2D eigenvalue weighted by Crippen LogP contribution is 2.39. The molecule has 5 nitrogen and oxygen atoms in total. The average molecular weight is 615 g/mol. The van der Waals surface area contributed by atoms with E-state index in [1.165, 1.54) is 11.1 Å². The fourth-order valence-corrected chi connectivity index (χ4v) is 6.81. The van der Waals surface area contributed by atoms with E-state index in [1.54, 1.807) is 0 Å². The Balaban J connectivity index is 1.41. The molecular formula is C42H38N4O. The minimum absolute atomic E-state index is 0.0173. The number of fused-ring (bicyclic) bond motifs is 6. The summed E-state index contributed by atoms with van der Waals surface area (Å²) >= 11 is 0. The first-order valence-electron chi connectivity index (χ1n) is 16.2. The van der Waals surface area contributed by atoms with Crippen LogP contribution in [0.1, 0.15) is 52.7 Å². The van der Waals surface area contributed by atoms with Gasteiger partial charge >= 0.3 is 0 Å². The third-order valence-corrected chi connectivity index (χ3v) is 9.42. The van der Waals surface area contributed by atoms with Gasteiger partial charge in [-0.1, -0.05) is 96.1 Å². The SMILES string of the molecule is CC(C)(C)c1ccnc(-n2c3ccccc3c3ccc(-n4c5ccccc5c5ccc(-c6cc(C(C)(C)C)ccc6O)cc54)nc32)c1. The number of phenols is 1. The third-order valence-electron chi connectivity index (χ3n) is 9.42. The molecule has 0 aliphatic heterocycles. The second-order valence-electron chi connectivity index (χ2n) is 14.6. The van der Waals surface area contributed by atoms with Crippen LogP contribution in [-0.2, 0) is 10.8 Å². The zero-order valence-corrected chi connectivity index (χ0v) is 27.7. The minimum Gasteiger partial charge on any atom is -0.507 e. The highest BCUT2D eigenvalue weighted by atomic mass is 16.3. The van der Waals surface area contributed by atoms with Gasteiger partial charge in [0.2, 0.25) is 0 Å². The Morgan fingerprint density at radius 3 is 1.87 bits per heavy atom. The maximum Gasteiger partial charge on any atom is 0.149 e. The van der Waals surface area contributed by atoms with Crippen molar-refractivity contribution in [2.24, 2.45) is 0 Å². The number of rotatable bonds is 3. The van der Waals surface area contributed by atoms with Crippen LogP contribution in [0.3, 0.4) is 0 Å². The van der Waals surface area contributed by atoms with E-state index in [1.807, 2.05) is 18.3 Å². The predicted molar refractivity (Wildman–Crippen MR) is 195 cm³/mol. The van der Waals surface area contributed by atoms with Gasteiger partial charge in [-0.25, -0.2) is 9.97 Å². The van der Waals surface area contributed by atoms with E-state index < -0.39 is 0 Å². The number of hydrogen-bond donors (Lipinski definition) is 1. The number of benzene rings is 4. The number of phenolic OH excluding ortho intramolecular Hbond substituents is 1. The summed E-state index contributed by atoms with van der Waals surface area (Å²) in [6.07, 6.45) is 1.90. The van der Waals surface area contributed by atoms with E-state index >= 15 is 0 Å². The van der Waals surface area contributed by atoms with Crippen molar-refractivity contribution in [3.63, 3.8) is 0 Å². The highest BCUT2D eigenvalue weighted by molar-refractivity contribution is 6.11. The van der Waals surface area contributed by atoms with Crippen LogP contribution < -0.4 is 0 Å². The Bertz CT molecular complexity index is 2500. The van der Waals surface area contributed by atoms with Crippen LogP contribution in [0.15, 0.2) is 115 Å². The summed E-state index contributed by atoms with van der Waals surface area (Å²) < 4.78 is 4.44. The minimum atomic E-state index is -0.0412. The van der Waals surface area contributed by atoms with Gasteiger partial charge in [0.25, 0.3) is 0 Å². The first-order chi connectivity index (χ1) is 22.5. The Morgan fingerprint density at radius 1 is 0.532 bits per heavy atom. The molecule has 232 valence electrons. The summed E-state index contributed by atoms with van der Waals surface area (Å²) in [5.74, 6) is 1.95. The van der Waals surface area contributed by atoms with Crippen molar-refractivity contribution in [1.82, 2.24) is 19.1 Å². The molecule has 1 N–H and O–H groups in total. The summed E-state index contributed by atoms with van der Waals surface area (Å²) in [5.41, 5.74) is 8.17. The van der Waals surface area contributed by atoms with Crippen LogP contribution in [0.5, 0.6) is 5.75 Å². The highest BCUT2D eigenvalue weighted by Gasteiger charge is 2.21. The van der Waals surface area contributed by atoms with Crippen LogP contribution in [0.4, 0.5) is 0 Å². The molecule has 8 rings (SSSR count). The number of pyridine rings is 2. The lowest BCUT2D eigenvalue weighted by atomic mass is 9.85. The number of para-hydroxylation sites is 2. The zero-order valence-electron chi connectivity index (χ0n) is 27.7. The van der Waals surface area contributed by atoms with Crippen LogP contribution in [0.2, 0.25) is 0 Å². The molecule has 0 aliphatic rings. The molecule has 5 heteroatoms. The molecule has 4 aromatic carbocycles. The van der Waals surface area contributed by atoms with E-state index in [4.69, 9.17) is 9.97 Å². The molecular weight excluding hydrogens is 576 g/mol. The predicted octanol–water partition coefficient (Wildman–Crippen LogP) is 10.6. The summed E-state index contributed by atoms with van der Waals surface area (Å²) in [4.78, 5) is 10.3. The van der Waals surface area contributed by atoms with E-state index in [0.29, 0.717) is 0 Å². The number of aromatic nitrogens is 4. The molecule has 0 radical (unpaired) electrons. The fourth-order valence-electron chi connectivity index (χ4n) is 6.81. The van der Waals surface area contributed by atoms with E-state index in [2.05, 4.69) is 148 Å². The Labute approximate surface area is 274 Å². The lowest BCUT2D eigenvalue weighted by Gasteiger charge is -2.20. The van der Waals surface area contributed by atoms with Gasteiger partial charge in [-0.15, -0.1) is 0 Å². The number of hydrogen-bond acceptors (Lipinski definition) is 3. The Kier molecular flexibility index (Phi) is 6.36. The second kappa shape index (κ2) is 10.3. The van der Waals surface area contributed by atoms with Crippen molar-refractivity contribution in [3.05, 3.63) is 127 Å². The summed E-state index contributed by atoms with van der Waals surface area (Å²) in [6.45, 7) is 13.3. The molecule has 0 bridgehead atoms. The van der Waals surface area contributed by atoms with Crippen molar-refractivity contribution in [2.75, 3.05) is 0 Å². The van der Waals surface area contributed by atoms with Gasteiger partial charge in [0.05, 0.1) is 16.6 Å². The Morgan fingerprint density at radius 2 is 1.15 bits per heavy atom. The summed E-state index contributed by atoms with van der Waals surface area (Å²) in [5, 5.41) is 15.5. The lowest BCUT2D eigenvalue weighted by Crippen LogP contribution is -2.12. The van der Waals surface area contributed by atoms with Crippen molar-refractivity contribution in [3.8, 4) is 28.5 Å². The van der Waals surface area contributed by atoms with Gasteiger partial charge in [0, 0.05) is 33.3 Å². The molecule has 0 saturated heterocycles. The molecule has 8 aromatic rings. The average Bonchev–Trinajstić information content (AvgIpc) is 3.56. The van der Waals surface area contributed by atoms with Crippen LogP contribution in [0, 0.1) is 0 Å². The molecule has 4 aromatic heterocycles. The van der Waals surface area contributed by atoms with Crippen LogP contribution in [-0.4, -0.2) is 24.2 Å². The zero-order chi connectivity index (χ0) is 32.7. The van der Waals surface area contributed by atoms with Crippen molar-refractivity contribution in [2.45, 2.75) is 52.4 Å². The Hall–Kier alpha value is -5.42. The number of nitrogens with zero attached hydrogens (tertiary/aromatic N) is 4. The van der Waals surface area contributed by atoms with Gasteiger partial charge in [-0.2, -0.15) is 0 Å². The van der Waals surface area contributed by atoms with Gasteiger partial charge in [0.1, 0.15) is 23.0 Å². The molecule has 0 atom stereocenters. The summed E-state index contributed by atoms with van der Waals surface area (Å²) in [7, 11) is 0. The molecule has 0 spiro atoms.